The Morgan fingerprint density at radius 2 is 2.36 bits per heavy atom. The van der Waals surface area contributed by atoms with Crippen LogP contribution in [0.4, 0.5) is 10.7 Å². The summed E-state index contributed by atoms with van der Waals surface area (Å²) >= 11 is 5.85. The molecule has 0 unspecified atom stereocenters. The average molecular weight is 332 g/mol. The van der Waals surface area contributed by atoms with E-state index in [0.29, 0.717) is 19.5 Å². The molecule has 1 fully saturated rings. The zero-order valence-electron chi connectivity index (χ0n) is 15.7. The van der Waals surface area contributed by atoms with Gasteiger partial charge in [-0.05, 0) is 27.2 Å². The Labute approximate surface area is 139 Å². The van der Waals surface area contributed by atoms with Crippen LogP contribution < -0.4 is 10.1 Å². The lowest BCUT2D eigenvalue weighted by Crippen LogP contribution is -2.36. The number of halogens is 1. The second-order valence-electron chi connectivity index (χ2n) is 6.01. The van der Waals surface area contributed by atoms with Gasteiger partial charge in [0.2, 0.25) is 11.8 Å². The van der Waals surface area contributed by atoms with E-state index in [1.807, 2.05) is 20.8 Å². The average Bonchev–Trinajstić information content (AvgIpc) is 2.88. The highest BCUT2D eigenvalue weighted by atomic mass is 35.5. The van der Waals surface area contributed by atoms with Crippen molar-refractivity contribution in [3.05, 3.63) is 11.2 Å². The van der Waals surface area contributed by atoms with Gasteiger partial charge in [0.1, 0.15) is 10.6 Å². The molecular formula is C14H21ClN4O3. The topological polar surface area (TPSA) is 76.6 Å². The van der Waals surface area contributed by atoms with Crippen LogP contribution in [0.25, 0.3) is 0 Å². The Balaban J connectivity index is 1.97. The van der Waals surface area contributed by atoms with Crippen LogP contribution in [0.5, 0.6) is 5.88 Å². The molecule has 0 aromatic carbocycles. The van der Waals surface area contributed by atoms with Crippen LogP contribution in [0.3, 0.4) is 0 Å². The van der Waals surface area contributed by atoms with Gasteiger partial charge in [-0.25, -0.2) is 9.78 Å². The van der Waals surface area contributed by atoms with Crippen molar-refractivity contribution in [2.75, 3.05) is 25.4 Å². The third kappa shape index (κ3) is 4.37. The molecule has 0 saturated carbocycles. The maximum absolute atomic E-state index is 12.1. The largest absolute Gasteiger partial charge is 0.480 e. The molecule has 1 amide bonds. The lowest BCUT2D eigenvalue weighted by atomic mass is 10.2. The Morgan fingerprint density at radius 3 is 3.05 bits per heavy atom. The highest BCUT2D eigenvalue weighted by Gasteiger charge is 2.30. The monoisotopic (exact) mass is 331 g/mol. The summed E-state index contributed by atoms with van der Waals surface area (Å²) in [7, 11) is -2.66. The molecule has 2 heterocycles. The fourth-order valence-electron chi connectivity index (χ4n) is 2.05. The van der Waals surface area contributed by atoms with Gasteiger partial charge in [-0.15, -0.1) is 0 Å². The fraction of sp³-hybridized carbons (Fsp3) is 0.643. The maximum Gasteiger partial charge on any atom is 0.410 e. The minimum atomic E-state index is -2.66. The van der Waals surface area contributed by atoms with Gasteiger partial charge < -0.3 is 19.7 Å². The number of hydrogen-bond acceptors (Lipinski definition) is 6. The summed E-state index contributed by atoms with van der Waals surface area (Å²) < 4.78 is 31.4. The summed E-state index contributed by atoms with van der Waals surface area (Å²) in [5, 5.41) is 3.05. The van der Waals surface area contributed by atoms with Gasteiger partial charge >= 0.3 is 6.09 Å². The first-order chi connectivity index (χ1) is 11.4. The van der Waals surface area contributed by atoms with Crippen molar-refractivity contribution in [1.29, 1.82) is 0 Å². The molecular weight excluding hydrogens is 308 g/mol. The van der Waals surface area contributed by atoms with Crippen LogP contribution in [0, 0.1) is 0 Å². The molecule has 8 heteroatoms. The molecule has 1 saturated heterocycles. The van der Waals surface area contributed by atoms with Gasteiger partial charge in [0.05, 0.1) is 17.3 Å². The first kappa shape index (κ1) is 12.8. The van der Waals surface area contributed by atoms with Crippen LogP contribution in [-0.2, 0) is 4.74 Å². The number of amides is 1. The highest BCUT2D eigenvalue weighted by molar-refractivity contribution is 6.31. The number of ether oxygens (including phenoxy) is 2. The first-order valence-corrected chi connectivity index (χ1v) is 7.27. The quantitative estimate of drug-likeness (QED) is 0.917. The van der Waals surface area contributed by atoms with Crippen molar-refractivity contribution in [3.8, 4) is 5.88 Å². The molecule has 22 heavy (non-hydrogen) atoms. The summed E-state index contributed by atoms with van der Waals surface area (Å²) in [5.74, 6) is -0.0409. The molecule has 2 rings (SSSR count). The number of rotatable bonds is 3. The molecule has 0 spiro atoms. The Kier molecular flexibility index (Phi) is 3.80. The molecule has 1 N–H and O–H groups in total. The van der Waals surface area contributed by atoms with Crippen molar-refractivity contribution in [1.82, 2.24) is 14.9 Å². The molecule has 7 nitrogen and oxygen atoms in total. The normalized spacial score (nSPS) is 20.8. The number of nitrogens with zero attached hydrogens (tertiary/aromatic N) is 3. The summed E-state index contributed by atoms with van der Waals surface area (Å²) in [4.78, 5) is 21.6. The van der Waals surface area contributed by atoms with E-state index in [4.69, 9.17) is 25.2 Å². The molecule has 1 aliphatic rings. The van der Waals surface area contributed by atoms with Gasteiger partial charge in [0.25, 0.3) is 0 Å². The number of carbonyl (C=O) groups is 1. The number of anilines is 1. The van der Waals surface area contributed by atoms with Gasteiger partial charge in [0, 0.05) is 19.1 Å². The van der Waals surface area contributed by atoms with Crippen LogP contribution in [-0.4, -0.2) is 52.7 Å². The molecule has 1 aromatic heterocycles. The lowest BCUT2D eigenvalue weighted by Gasteiger charge is -2.24. The SMILES string of the molecule is [2H]C([2H])([2H])Oc1nc(N[C@@H]2CCN(C(=O)OC(C)(C)C)C2)ncc1Cl. The Hall–Kier alpha value is -1.76. The summed E-state index contributed by atoms with van der Waals surface area (Å²) in [5.41, 5.74) is -0.552. The van der Waals surface area contributed by atoms with E-state index in [2.05, 4.69) is 15.3 Å². The number of methoxy groups -OCH3 is 1. The minimum Gasteiger partial charge on any atom is -0.480 e. The van der Waals surface area contributed by atoms with Crippen molar-refractivity contribution in [3.63, 3.8) is 0 Å². The van der Waals surface area contributed by atoms with E-state index in [9.17, 15) is 4.79 Å². The third-order valence-electron chi connectivity index (χ3n) is 2.98. The number of aromatic nitrogens is 2. The van der Waals surface area contributed by atoms with Crippen LogP contribution >= 0.6 is 11.6 Å². The van der Waals surface area contributed by atoms with Crippen molar-refractivity contribution < 1.29 is 18.4 Å². The molecule has 0 radical (unpaired) electrons. The van der Waals surface area contributed by atoms with E-state index >= 15 is 0 Å². The molecule has 1 atom stereocenters. The Bertz CT molecular complexity index is 637. The Morgan fingerprint density at radius 1 is 1.59 bits per heavy atom. The molecule has 122 valence electrons. The summed E-state index contributed by atoms with van der Waals surface area (Å²) in [6, 6.07) is -0.0886. The molecule has 0 aliphatic carbocycles. The van der Waals surface area contributed by atoms with Gasteiger partial charge in [-0.3, -0.25) is 0 Å². The fourth-order valence-corrected chi connectivity index (χ4v) is 2.18. The minimum absolute atomic E-state index is 0.00322. The van der Waals surface area contributed by atoms with Crippen LogP contribution in [0.2, 0.25) is 5.02 Å². The van der Waals surface area contributed by atoms with Gasteiger partial charge in [-0.1, -0.05) is 11.6 Å². The number of likely N-dealkylation sites (tertiary alicyclic amines) is 1. The van der Waals surface area contributed by atoms with E-state index in [0.717, 1.165) is 0 Å². The molecule has 1 aliphatic heterocycles. The second kappa shape index (κ2) is 6.56. The van der Waals surface area contributed by atoms with Gasteiger partial charge in [0.15, 0.2) is 0 Å². The van der Waals surface area contributed by atoms with E-state index in [-0.39, 0.29) is 29.0 Å². The third-order valence-corrected chi connectivity index (χ3v) is 3.24. The van der Waals surface area contributed by atoms with Crippen LogP contribution in [0.1, 0.15) is 31.3 Å². The predicted molar refractivity (Wildman–Crippen MR) is 83.4 cm³/mol. The van der Waals surface area contributed by atoms with Crippen molar-refractivity contribution >= 4 is 23.6 Å². The predicted octanol–water partition coefficient (Wildman–Crippen LogP) is 2.56. The number of hydrogen-bond donors (Lipinski definition) is 1. The lowest BCUT2D eigenvalue weighted by molar-refractivity contribution is 0.0293. The van der Waals surface area contributed by atoms with E-state index in [1.165, 1.54) is 6.20 Å². The van der Waals surface area contributed by atoms with Gasteiger partial charge in [-0.2, -0.15) is 4.98 Å². The first-order valence-electron chi connectivity index (χ1n) is 8.39. The number of carbonyl (C=O) groups excluding carboxylic acids is 1. The number of nitrogens with one attached hydrogen (secondary N) is 1. The van der Waals surface area contributed by atoms with E-state index < -0.39 is 12.6 Å². The maximum atomic E-state index is 12.1. The van der Waals surface area contributed by atoms with Crippen LogP contribution in [0.15, 0.2) is 6.20 Å². The molecule has 0 bridgehead atoms. The van der Waals surface area contributed by atoms with Crippen molar-refractivity contribution in [2.45, 2.75) is 38.8 Å². The highest BCUT2D eigenvalue weighted by Crippen LogP contribution is 2.23. The smallest absolute Gasteiger partial charge is 0.410 e. The summed E-state index contributed by atoms with van der Waals surface area (Å²) in [6.07, 6.45) is 1.57. The summed E-state index contributed by atoms with van der Waals surface area (Å²) in [6.45, 7) is 6.40. The standard InChI is InChI=1S/C14H21ClN4O3/c1-14(2,3)22-13(20)19-6-5-9(8-19)17-12-16-7-10(15)11(18-12)21-4/h7,9H,5-6,8H2,1-4H3,(H,16,17,18)/t9-/m1/s1/i4D3. The van der Waals surface area contributed by atoms with Crippen molar-refractivity contribution in [2.24, 2.45) is 0 Å². The molecule has 1 aromatic rings. The zero-order chi connectivity index (χ0) is 18.8. The zero-order valence-corrected chi connectivity index (χ0v) is 13.5. The van der Waals surface area contributed by atoms with E-state index in [1.54, 1.807) is 4.90 Å². The second-order valence-corrected chi connectivity index (χ2v) is 6.41.